The number of aliphatic hydroxyl groups is 1. The Morgan fingerprint density at radius 2 is 2.27 bits per heavy atom. The predicted molar refractivity (Wildman–Crippen MR) is 48.9 cm³/mol. The van der Waals surface area contributed by atoms with Crippen molar-refractivity contribution < 1.29 is 24.6 Å². The Morgan fingerprint density at radius 3 is 2.87 bits per heavy atom. The lowest BCUT2D eigenvalue weighted by Crippen LogP contribution is -2.47. The highest BCUT2D eigenvalue weighted by atomic mass is 16.7. The molecule has 0 radical (unpaired) electrons. The molecule has 0 aromatic carbocycles. The molecule has 1 rings (SSSR count). The quantitative estimate of drug-likeness (QED) is 0.537. The Hall–Kier alpha value is -1.34. The van der Waals surface area contributed by atoms with Crippen molar-refractivity contribution in [3.8, 4) is 0 Å². The van der Waals surface area contributed by atoms with Crippen molar-refractivity contribution in [3.05, 3.63) is 0 Å². The van der Waals surface area contributed by atoms with Crippen molar-refractivity contribution in [1.82, 2.24) is 10.4 Å². The summed E-state index contributed by atoms with van der Waals surface area (Å²) in [6, 6.07) is -0.519. The van der Waals surface area contributed by atoms with Gasteiger partial charge in [0, 0.05) is 13.1 Å². The molecule has 0 bridgehead atoms. The summed E-state index contributed by atoms with van der Waals surface area (Å²) in [6.07, 6.45) is 0.900. The molecule has 7 nitrogen and oxygen atoms in total. The van der Waals surface area contributed by atoms with E-state index in [1.165, 1.54) is 4.90 Å². The SMILES string of the molecule is O=C(O)CONC(=O)N1CCCC(O)C1. The average molecular weight is 218 g/mol. The number of nitrogens with one attached hydrogen (secondary N) is 1. The number of aliphatic carboxylic acids is 1. The lowest BCUT2D eigenvalue weighted by atomic mass is 10.1. The summed E-state index contributed by atoms with van der Waals surface area (Å²) in [4.78, 5) is 27.2. The van der Waals surface area contributed by atoms with E-state index < -0.39 is 24.7 Å². The molecule has 1 atom stereocenters. The molecule has 1 aliphatic heterocycles. The summed E-state index contributed by atoms with van der Waals surface area (Å²) in [5.41, 5.74) is 2.00. The van der Waals surface area contributed by atoms with Gasteiger partial charge in [-0.1, -0.05) is 0 Å². The van der Waals surface area contributed by atoms with Crippen molar-refractivity contribution >= 4 is 12.0 Å². The summed E-state index contributed by atoms with van der Waals surface area (Å²) in [6.45, 7) is 0.212. The van der Waals surface area contributed by atoms with Crippen molar-refractivity contribution in [2.75, 3.05) is 19.7 Å². The van der Waals surface area contributed by atoms with Crippen LogP contribution in [0.1, 0.15) is 12.8 Å². The van der Waals surface area contributed by atoms with Crippen LogP contribution in [0.3, 0.4) is 0 Å². The molecule has 3 N–H and O–H groups in total. The van der Waals surface area contributed by atoms with Gasteiger partial charge < -0.3 is 15.1 Å². The number of amides is 2. The zero-order valence-corrected chi connectivity index (χ0v) is 8.18. The predicted octanol–water partition coefficient (Wildman–Crippen LogP) is -0.831. The first-order valence-corrected chi connectivity index (χ1v) is 4.66. The van der Waals surface area contributed by atoms with Gasteiger partial charge in [-0.25, -0.2) is 15.1 Å². The molecule has 1 unspecified atom stereocenters. The maximum Gasteiger partial charge on any atom is 0.341 e. The number of carboxylic acid groups (broad SMARTS) is 1. The Morgan fingerprint density at radius 1 is 1.53 bits per heavy atom. The molecule has 0 aromatic heterocycles. The van der Waals surface area contributed by atoms with Crippen molar-refractivity contribution in [2.24, 2.45) is 0 Å². The fourth-order valence-electron chi connectivity index (χ4n) is 1.36. The molecule has 7 heteroatoms. The topological polar surface area (TPSA) is 99.1 Å². The van der Waals surface area contributed by atoms with Crippen LogP contribution >= 0.6 is 0 Å². The number of carbonyl (C=O) groups is 2. The molecular weight excluding hydrogens is 204 g/mol. The fraction of sp³-hybridized carbons (Fsp3) is 0.750. The maximum absolute atomic E-state index is 11.3. The number of hydrogen-bond donors (Lipinski definition) is 3. The summed E-state index contributed by atoms with van der Waals surface area (Å²) in [7, 11) is 0. The first kappa shape index (κ1) is 11.7. The second kappa shape index (κ2) is 5.52. The molecule has 0 spiro atoms. The van der Waals surface area contributed by atoms with Gasteiger partial charge in [-0.05, 0) is 12.8 Å². The van der Waals surface area contributed by atoms with E-state index in [-0.39, 0.29) is 6.54 Å². The molecule has 0 aromatic rings. The minimum Gasteiger partial charge on any atom is -0.479 e. The van der Waals surface area contributed by atoms with Crippen molar-refractivity contribution in [1.29, 1.82) is 0 Å². The highest BCUT2D eigenvalue weighted by molar-refractivity contribution is 5.73. The van der Waals surface area contributed by atoms with Crippen LogP contribution in [0.5, 0.6) is 0 Å². The Kier molecular flexibility index (Phi) is 4.32. The molecule has 0 saturated carbocycles. The highest BCUT2D eigenvalue weighted by Gasteiger charge is 2.21. The van der Waals surface area contributed by atoms with Crippen LogP contribution in [-0.2, 0) is 9.63 Å². The minimum absolute atomic E-state index is 0.252. The summed E-state index contributed by atoms with van der Waals surface area (Å²) < 4.78 is 0. The number of nitrogens with zero attached hydrogens (tertiary/aromatic N) is 1. The van der Waals surface area contributed by atoms with Crippen molar-refractivity contribution in [3.63, 3.8) is 0 Å². The van der Waals surface area contributed by atoms with Gasteiger partial charge in [-0.2, -0.15) is 0 Å². The zero-order valence-electron chi connectivity index (χ0n) is 8.18. The van der Waals surface area contributed by atoms with E-state index in [0.29, 0.717) is 13.0 Å². The lowest BCUT2D eigenvalue weighted by molar-refractivity contribution is -0.144. The van der Waals surface area contributed by atoms with E-state index in [4.69, 9.17) is 5.11 Å². The standard InChI is InChI=1S/C8H14N2O5/c11-6-2-1-3-10(4-6)8(14)9-15-5-7(12)13/h6,11H,1-5H2,(H,9,14)(H,12,13). The zero-order chi connectivity index (χ0) is 11.3. The largest absolute Gasteiger partial charge is 0.479 e. The van der Waals surface area contributed by atoms with Gasteiger partial charge >= 0.3 is 12.0 Å². The monoisotopic (exact) mass is 218 g/mol. The molecule has 0 aliphatic carbocycles. The van der Waals surface area contributed by atoms with Crippen LogP contribution in [0.4, 0.5) is 4.79 Å². The molecule has 2 amide bonds. The number of carboxylic acids is 1. The number of hydrogen-bond acceptors (Lipinski definition) is 4. The first-order chi connectivity index (χ1) is 7.09. The number of likely N-dealkylation sites (tertiary alicyclic amines) is 1. The number of aliphatic hydroxyl groups excluding tert-OH is 1. The minimum atomic E-state index is -1.16. The number of β-amino-alcohol motifs (C(OH)–C–C–N with tert-alkyl or cyclic N) is 1. The molecule has 1 heterocycles. The van der Waals surface area contributed by atoms with Gasteiger partial charge in [0.05, 0.1) is 6.10 Å². The summed E-state index contributed by atoms with van der Waals surface area (Å²) in [5.74, 6) is -1.16. The van der Waals surface area contributed by atoms with Crippen LogP contribution in [0.2, 0.25) is 0 Å². The van der Waals surface area contributed by atoms with Gasteiger partial charge in [0.15, 0.2) is 6.61 Å². The van der Waals surface area contributed by atoms with Gasteiger partial charge in [-0.3, -0.25) is 4.84 Å². The van der Waals surface area contributed by atoms with Crippen LogP contribution in [0, 0.1) is 0 Å². The molecule has 1 fully saturated rings. The van der Waals surface area contributed by atoms with E-state index >= 15 is 0 Å². The number of carbonyl (C=O) groups excluding carboxylic acids is 1. The third kappa shape index (κ3) is 4.13. The third-order valence-electron chi connectivity index (χ3n) is 2.04. The second-order valence-corrected chi connectivity index (χ2v) is 3.33. The van der Waals surface area contributed by atoms with Crippen LogP contribution in [0.15, 0.2) is 0 Å². The van der Waals surface area contributed by atoms with Gasteiger partial charge in [0.1, 0.15) is 0 Å². The number of hydroxylamine groups is 1. The third-order valence-corrected chi connectivity index (χ3v) is 2.04. The second-order valence-electron chi connectivity index (χ2n) is 3.33. The molecule has 15 heavy (non-hydrogen) atoms. The maximum atomic E-state index is 11.3. The fourth-order valence-corrected chi connectivity index (χ4v) is 1.36. The van der Waals surface area contributed by atoms with E-state index in [1.807, 2.05) is 5.48 Å². The van der Waals surface area contributed by atoms with E-state index in [0.717, 1.165) is 6.42 Å². The Bertz CT molecular complexity index is 245. The van der Waals surface area contributed by atoms with Crippen LogP contribution < -0.4 is 5.48 Å². The van der Waals surface area contributed by atoms with E-state index in [9.17, 15) is 14.7 Å². The van der Waals surface area contributed by atoms with Crippen LogP contribution in [0.25, 0.3) is 0 Å². The lowest BCUT2D eigenvalue weighted by Gasteiger charge is -2.29. The van der Waals surface area contributed by atoms with Crippen molar-refractivity contribution in [2.45, 2.75) is 18.9 Å². The van der Waals surface area contributed by atoms with Gasteiger partial charge in [0.25, 0.3) is 0 Å². The summed E-state index contributed by atoms with van der Waals surface area (Å²) in [5, 5.41) is 17.5. The average Bonchev–Trinajstić information content (AvgIpc) is 2.17. The molecule has 1 saturated heterocycles. The van der Waals surface area contributed by atoms with Gasteiger partial charge in [-0.15, -0.1) is 0 Å². The Labute approximate surface area is 86.6 Å². The highest BCUT2D eigenvalue weighted by Crippen LogP contribution is 2.09. The van der Waals surface area contributed by atoms with E-state index in [1.54, 1.807) is 0 Å². The normalized spacial score (nSPS) is 21.1. The molecular formula is C8H14N2O5. The Balaban J connectivity index is 2.24. The first-order valence-electron chi connectivity index (χ1n) is 4.66. The smallest absolute Gasteiger partial charge is 0.341 e. The van der Waals surface area contributed by atoms with Gasteiger partial charge in [0.2, 0.25) is 0 Å². The molecule has 86 valence electrons. The number of rotatable bonds is 3. The number of urea groups is 1. The number of piperidine rings is 1. The molecule has 1 aliphatic rings. The van der Waals surface area contributed by atoms with E-state index in [2.05, 4.69) is 4.84 Å². The van der Waals surface area contributed by atoms with Crippen LogP contribution in [-0.4, -0.2) is 52.9 Å². The summed E-state index contributed by atoms with van der Waals surface area (Å²) >= 11 is 0.